The van der Waals surface area contributed by atoms with Crippen LogP contribution in [0.25, 0.3) is 0 Å². The number of aromatic nitrogens is 2. The fraction of sp³-hybridized carbons (Fsp3) is 0.167. The first-order chi connectivity index (χ1) is 9.75. The summed E-state index contributed by atoms with van der Waals surface area (Å²) >= 11 is 5.63. The number of hydrogen-bond acceptors (Lipinski definition) is 4. The van der Waals surface area contributed by atoms with Gasteiger partial charge in [0.05, 0.1) is 11.8 Å². The zero-order valence-electron chi connectivity index (χ0n) is 10.3. The Bertz CT molecular complexity index is 663. The van der Waals surface area contributed by atoms with Crippen molar-refractivity contribution in [2.45, 2.75) is 12.8 Å². The molecule has 0 fully saturated rings. The van der Waals surface area contributed by atoms with Gasteiger partial charge >= 0.3 is 12.2 Å². The number of nitrogens with zero attached hydrogens (tertiary/aromatic N) is 2. The molecule has 0 spiro atoms. The summed E-state index contributed by atoms with van der Waals surface area (Å²) < 4.78 is 55.8. The highest BCUT2D eigenvalue weighted by Gasteiger charge is 2.31. The van der Waals surface area contributed by atoms with Gasteiger partial charge in [-0.25, -0.2) is 9.37 Å². The summed E-state index contributed by atoms with van der Waals surface area (Å²) in [4.78, 5) is 7.00. The largest absolute Gasteiger partial charge is 0.459 e. The first-order valence-corrected chi connectivity index (χ1v) is 5.91. The van der Waals surface area contributed by atoms with Crippen molar-refractivity contribution in [3.05, 3.63) is 46.4 Å². The predicted octanol–water partition coefficient (Wildman–Crippen LogP) is 3.45. The fourth-order valence-electron chi connectivity index (χ4n) is 1.48. The first kappa shape index (κ1) is 15.3. The van der Waals surface area contributed by atoms with E-state index in [4.69, 9.17) is 22.1 Å². The van der Waals surface area contributed by atoms with Crippen LogP contribution in [0.3, 0.4) is 0 Å². The number of hydrogen-bond donors (Lipinski definition) is 1. The van der Waals surface area contributed by atoms with Crippen LogP contribution in [0.1, 0.15) is 11.1 Å². The molecule has 1 heterocycles. The predicted molar refractivity (Wildman–Crippen MR) is 67.2 cm³/mol. The van der Waals surface area contributed by atoms with E-state index in [1.807, 2.05) is 0 Å². The van der Waals surface area contributed by atoms with Crippen LogP contribution in [0.4, 0.5) is 23.4 Å². The standard InChI is InChI=1S/C12H8ClF4N3O/c13-8-2-6(1-7(3-8)12(15,16)17)5-21-11-19-4-9(14)10(18)20-11/h1-4H,5H2,(H2,18,19,20). The van der Waals surface area contributed by atoms with Crippen molar-refractivity contribution in [3.63, 3.8) is 0 Å². The van der Waals surface area contributed by atoms with E-state index in [0.717, 1.165) is 18.3 Å². The van der Waals surface area contributed by atoms with E-state index >= 15 is 0 Å². The van der Waals surface area contributed by atoms with Crippen molar-refractivity contribution < 1.29 is 22.3 Å². The van der Waals surface area contributed by atoms with Crippen molar-refractivity contribution in [2.75, 3.05) is 5.73 Å². The van der Waals surface area contributed by atoms with Gasteiger partial charge in [-0.1, -0.05) is 11.6 Å². The van der Waals surface area contributed by atoms with E-state index in [-0.39, 0.29) is 23.2 Å². The van der Waals surface area contributed by atoms with Crippen molar-refractivity contribution in [1.29, 1.82) is 0 Å². The van der Waals surface area contributed by atoms with Gasteiger partial charge in [0.1, 0.15) is 6.61 Å². The average Bonchev–Trinajstić information content (AvgIpc) is 2.38. The Morgan fingerprint density at radius 1 is 1.24 bits per heavy atom. The second-order valence-electron chi connectivity index (χ2n) is 4.02. The van der Waals surface area contributed by atoms with E-state index in [1.165, 1.54) is 6.07 Å². The maximum absolute atomic E-state index is 12.9. The van der Waals surface area contributed by atoms with Crippen LogP contribution in [0.5, 0.6) is 6.01 Å². The van der Waals surface area contributed by atoms with Gasteiger partial charge in [-0.2, -0.15) is 18.2 Å². The minimum Gasteiger partial charge on any atom is -0.459 e. The number of alkyl halides is 3. The quantitative estimate of drug-likeness (QED) is 0.880. The zero-order chi connectivity index (χ0) is 15.6. The molecule has 0 saturated heterocycles. The van der Waals surface area contributed by atoms with E-state index in [9.17, 15) is 17.6 Å². The Labute approximate surface area is 121 Å². The van der Waals surface area contributed by atoms with Crippen LogP contribution in [0, 0.1) is 5.82 Å². The molecule has 1 aromatic carbocycles. The number of nitrogens with two attached hydrogens (primary N) is 1. The lowest BCUT2D eigenvalue weighted by Crippen LogP contribution is -2.07. The zero-order valence-corrected chi connectivity index (χ0v) is 11.0. The Kier molecular flexibility index (Phi) is 4.17. The van der Waals surface area contributed by atoms with Crippen LogP contribution in [0.15, 0.2) is 24.4 Å². The molecule has 2 N–H and O–H groups in total. The van der Waals surface area contributed by atoms with Gasteiger partial charge < -0.3 is 10.5 Å². The number of nitrogen functional groups attached to an aromatic ring is 1. The molecule has 21 heavy (non-hydrogen) atoms. The summed E-state index contributed by atoms with van der Waals surface area (Å²) in [6, 6.07) is 2.75. The molecule has 0 amide bonds. The molecule has 0 unspecified atom stereocenters. The molecule has 9 heteroatoms. The van der Waals surface area contributed by atoms with E-state index in [2.05, 4.69) is 9.97 Å². The van der Waals surface area contributed by atoms with E-state index < -0.39 is 23.4 Å². The van der Waals surface area contributed by atoms with E-state index in [1.54, 1.807) is 0 Å². The second kappa shape index (κ2) is 5.72. The average molecular weight is 322 g/mol. The lowest BCUT2D eigenvalue weighted by atomic mass is 10.1. The summed E-state index contributed by atoms with van der Waals surface area (Å²) in [5.74, 6) is -1.23. The maximum Gasteiger partial charge on any atom is 0.416 e. The van der Waals surface area contributed by atoms with Gasteiger partial charge in [0.15, 0.2) is 11.6 Å². The van der Waals surface area contributed by atoms with Crippen molar-refractivity contribution in [2.24, 2.45) is 0 Å². The van der Waals surface area contributed by atoms with Crippen LogP contribution in [-0.2, 0) is 12.8 Å². The molecule has 112 valence electrons. The Morgan fingerprint density at radius 2 is 1.95 bits per heavy atom. The Hall–Kier alpha value is -2.09. The minimum atomic E-state index is -4.52. The first-order valence-electron chi connectivity index (χ1n) is 5.53. The topological polar surface area (TPSA) is 61.0 Å². The van der Waals surface area contributed by atoms with Crippen molar-refractivity contribution in [1.82, 2.24) is 9.97 Å². The molecule has 2 rings (SSSR count). The number of benzene rings is 1. The monoisotopic (exact) mass is 321 g/mol. The van der Waals surface area contributed by atoms with E-state index in [0.29, 0.717) is 0 Å². The third-order valence-electron chi connectivity index (χ3n) is 2.40. The summed E-state index contributed by atoms with van der Waals surface area (Å²) in [5.41, 5.74) is 4.49. The lowest BCUT2D eigenvalue weighted by molar-refractivity contribution is -0.137. The van der Waals surface area contributed by atoms with Crippen LogP contribution >= 0.6 is 11.6 Å². The van der Waals surface area contributed by atoms with Crippen molar-refractivity contribution in [3.8, 4) is 6.01 Å². The van der Waals surface area contributed by atoms with Crippen LogP contribution < -0.4 is 10.5 Å². The molecule has 2 aromatic rings. The highest BCUT2D eigenvalue weighted by atomic mass is 35.5. The highest BCUT2D eigenvalue weighted by Crippen LogP contribution is 2.32. The minimum absolute atomic E-state index is 0.0806. The number of ether oxygens (including phenoxy) is 1. The normalized spacial score (nSPS) is 11.5. The maximum atomic E-state index is 12.9. The molecule has 0 saturated carbocycles. The van der Waals surface area contributed by atoms with Gasteiger partial charge in [-0.05, 0) is 23.8 Å². The van der Waals surface area contributed by atoms with Gasteiger partial charge in [0, 0.05) is 5.02 Å². The Morgan fingerprint density at radius 3 is 2.57 bits per heavy atom. The lowest BCUT2D eigenvalue weighted by Gasteiger charge is -2.10. The molecule has 0 aliphatic heterocycles. The smallest absolute Gasteiger partial charge is 0.416 e. The third-order valence-corrected chi connectivity index (χ3v) is 2.62. The van der Waals surface area contributed by atoms with Crippen LogP contribution in [0.2, 0.25) is 5.02 Å². The fourth-order valence-corrected chi connectivity index (χ4v) is 1.74. The summed E-state index contributed by atoms with van der Waals surface area (Å²) in [6.07, 6.45) is -3.72. The molecule has 1 aromatic heterocycles. The molecule has 0 radical (unpaired) electrons. The molecule has 0 aliphatic rings. The van der Waals surface area contributed by atoms with Crippen LogP contribution in [-0.4, -0.2) is 9.97 Å². The summed E-state index contributed by atoms with van der Waals surface area (Å²) in [5, 5.41) is -0.0806. The summed E-state index contributed by atoms with van der Waals surface area (Å²) in [6.45, 7) is -0.269. The number of rotatable bonds is 3. The molecule has 0 bridgehead atoms. The summed E-state index contributed by atoms with van der Waals surface area (Å²) in [7, 11) is 0. The molecule has 0 aliphatic carbocycles. The molecular formula is C12H8ClF4N3O. The molecule has 4 nitrogen and oxygen atoms in total. The third kappa shape index (κ3) is 3.94. The molecule has 0 atom stereocenters. The van der Waals surface area contributed by atoms with Crippen molar-refractivity contribution >= 4 is 17.4 Å². The Balaban J connectivity index is 2.16. The SMILES string of the molecule is Nc1nc(OCc2cc(Cl)cc(C(F)(F)F)c2)ncc1F. The van der Waals surface area contributed by atoms with Gasteiger partial charge in [-0.15, -0.1) is 0 Å². The number of anilines is 1. The highest BCUT2D eigenvalue weighted by molar-refractivity contribution is 6.30. The number of halogens is 5. The van der Waals surface area contributed by atoms with Gasteiger partial charge in [0.25, 0.3) is 0 Å². The molecular weight excluding hydrogens is 314 g/mol. The van der Waals surface area contributed by atoms with Gasteiger partial charge in [0.2, 0.25) is 0 Å². The van der Waals surface area contributed by atoms with Gasteiger partial charge in [-0.3, -0.25) is 0 Å². The second-order valence-corrected chi connectivity index (χ2v) is 4.46.